The standard InChI is InChI=1S/C28H36N4O4/c1-28(2)12-8-11-20(17-28)30-21-16-22-24(31-23(33)15-19-9-6-5-7-10-19)25(27(34)36-4)32(13-14-35-3)26(22)29-18-21/h5-7,9-10,16,18,20,30H,8,11-15,17H2,1-4H3,(H,31,33)/t20-/m0/s1. The Morgan fingerprint density at radius 1 is 1.19 bits per heavy atom. The van der Waals surface area contributed by atoms with Crippen LogP contribution in [0.4, 0.5) is 11.4 Å². The van der Waals surface area contributed by atoms with Crippen LogP contribution in [-0.2, 0) is 27.2 Å². The van der Waals surface area contributed by atoms with E-state index in [0.29, 0.717) is 41.3 Å². The molecule has 1 saturated carbocycles. The highest BCUT2D eigenvalue weighted by atomic mass is 16.5. The molecule has 1 fully saturated rings. The van der Waals surface area contributed by atoms with E-state index in [1.807, 2.05) is 36.4 Å². The molecule has 1 aliphatic rings. The van der Waals surface area contributed by atoms with Crippen LogP contribution in [-0.4, -0.2) is 48.3 Å². The summed E-state index contributed by atoms with van der Waals surface area (Å²) in [4.78, 5) is 30.7. The van der Waals surface area contributed by atoms with E-state index in [-0.39, 0.29) is 18.0 Å². The second kappa shape index (κ2) is 11.1. The average molecular weight is 493 g/mol. The highest BCUT2D eigenvalue weighted by Gasteiger charge is 2.29. The van der Waals surface area contributed by atoms with Crippen LogP contribution in [0, 0.1) is 5.41 Å². The van der Waals surface area contributed by atoms with Gasteiger partial charge in [0.1, 0.15) is 5.65 Å². The molecule has 0 radical (unpaired) electrons. The quantitative estimate of drug-likeness (QED) is 0.407. The van der Waals surface area contributed by atoms with Gasteiger partial charge >= 0.3 is 5.97 Å². The maximum Gasteiger partial charge on any atom is 0.356 e. The summed E-state index contributed by atoms with van der Waals surface area (Å²) >= 11 is 0. The van der Waals surface area contributed by atoms with Crippen LogP contribution >= 0.6 is 0 Å². The van der Waals surface area contributed by atoms with E-state index in [0.717, 1.165) is 24.1 Å². The Hall–Kier alpha value is -3.39. The van der Waals surface area contributed by atoms with Crippen LogP contribution in [0.3, 0.4) is 0 Å². The molecule has 192 valence electrons. The highest BCUT2D eigenvalue weighted by molar-refractivity contribution is 6.11. The minimum absolute atomic E-state index is 0.189. The monoisotopic (exact) mass is 492 g/mol. The summed E-state index contributed by atoms with van der Waals surface area (Å²) in [6.45, 7) is 5.38. The van der Waals surface area contributed by atoms with Crippen molar-refractivity contribution in [3.8, 4) is 0 Å². The second-order valence-corrected chi connectivity index (χ2v) is 10.3. The number of hydrogen-bond acceptors (Lipinski definition) is 6. The molecule has 0 spiro atoms. The number of rotatable bonds is 9. The van der Waals surface area contributed by atoms with Crippen molar-refractivity contribution in [1.29, 1.82) is 0 Å². The van der Waals surface area contributed by atoms with Crippen LogP contribution in [0.15, 0.2) is 42.6 Å². The number of esters is 1. The number of aromatic nitrogens is 2. The molecule has 2 aromatic heterocycles. The molecule has 36 heavy (non-hydrogen) atoms. The lowest BCUT2D eigenvalue weighted by atomic mass is 9.75. The first kappa shape index (κ1) is 25.7. The van der Waals surface area contributed by atoms with Crippen LogP contribution < -0.4 is 10.6 Å². The molecular weight excluding hydrogens is 456 g/mol. The molecular formula is C28H36N4O4. The summed E-state index contributed by atoms with van der Waals surface area (Å²) in [6, 6.07) is 11.8. The Bertz CT molecular complexity index is 1220. The molecule has 0 bridgehead atoms. The van der Waals surface area contributed by atoms with Crippen LogP contribution in [0.5, 0.6) is 0 Å². The van der Waals surface area contributed by atoms with Gasteiger partial charge in [0, 0.05) is 25.1 Å². The first-order valence-electron chi connectivity index (χ1n) is 12.5. The number of ether oxygens (including phenoxy) is 2. The largest absolute Gasteiger partial charge is 0.464 e. The normalized spacial score (nSPS) is 17.1. The Balaban J connectivity index is 1.73. The number of amides is 1. The minimum atomic E-state index is -0.539. The summed E-state index contributed by atoms with van der Waals surface area (Å²) in [5, 5.41) is 7.32. The van der Waals surface area contributed by atoms with Gasteiger partial charge in [-0.1, -0.05) is 50.6 Å². The fraction of sp³-hybridized carbons (Fsp3) is 0.464. The summed E-state index contributed by atoms with van der Waals surface area (Å²) < 4.78 is 12.1. The van der Waals surface area contributed by atoms with Crippen LogP contribution in [0.25, 0.3) is 11.0 Å². The average Bonchev–Trinajstić information content (AvgIpc) is 3.14. The number of nitrogens with one attached hydrogen (secondary N) is 2. The molecule has 1 aromatic carbocycles. The summed E-state index contributed by atoms with van der Waals surface area (Å²) in [5.41, 5.74) is 3.31. The Labute approximate surface area is 212 Å². The summed E-state index contributed by atoms with van der Waals surface area (Å²) in [6.07, 6.45) is 6.57. The molecule has 0 unspecified atom stereocenters. The maximum atomic E-state index is 13.1. The van der Waals surface area contributed by atoms with E-state index >= 15 is 0 Å². The number of anilines is 2. The fourth-order valence-electron chi connectivity index (χ4n) is 5.16. The van der Waals surface area contributed by atoms with Gasteiger partial charge in [-0.15, -0.1) is 0 Å². The number of hydrogen-bond donors (Lipinski definition) is 2. The number of fused-ring (bicyclic) bond motifs is 1. The van der Waals surface area contributed by atoms with Crippen molar-refractivity contribution in [2.45, 2.75) is 58.5 Å². The van der Waals surface area contributed by atoms with Crippen molar-refractivity contribution in [3.63, 3.8) is 0 Å². The zero-order chi connectivity index (χ0) is 25.7. The van der Waals surface area contributed by atoms with Gasteiger partial charge in [0.2, 0.25) is 5.91 Å². The van der Waals surface area contributed by atoms with Crippen molar-refractivity contribution in [3.05, 3.63) is 53.9 Å². The molecule has 0 aliphatic heterocycles. The lowest BCUT2D eigenvalue weighted by Crippen LogP contribution is -2.31. The third kappa shape index (κ3) is 5.87. The van der Waals surface area contributed by atoms with Gasteiger partial charge in [-0.2, -0.15) is 0 Å². The van der Waals surface area contributed by atoms with Crippen molar-refractivity contribution in [2.24, 2.45) is 5.41 Å². The van der Waals surface area contributed by atoms with Crippen molar-refractivity contribution < 1.29 is 19.1 Å². The summed E-state index contributed by atoms with van der Waals surface area (Å²) in [7, 11) is 2.94. The number of methoxy groups -OCH3 is 2. The van der Waals surface area contributed by atoms with E-state index in [4.69, 9.17) is 14.5 Å². The topological polar surface area (TPSA) is 94.5 Å². The van der Waals surface area contributed by atoms with E-state index in [1.54, 1.807) is 17.9 Å². The van der Waals surface area contributed by atoms with Crippen LogP contribution in [0.2, 0.25) is 0 Å². The molecule has 8 heteroatoms. The molecule has 2 heterocycles. The van der Waals surface area contributed by atoms with Gasteiger partial charge in [-0.05, 0) is 36.3 Å². The van der Waals surface area contributed by atoms with E-state index in [9.17, 15) is 9.59 Å². The lowest BCUT2D eigenvalue weighted by Gasteiger charge is -2.36. The molecule has 0 saturated heterocycles. The molecule has 1 amide bonds. The SMILES string of the molecule is COCCn1c(C(=O)OC)c(NC(=O)Cc2ccccc2)c2cc(N[C@H]3CCCC(C)(C)C3)cnc21. The molecule has 4 rings (SSSR count). The zero-order valence-electron chi connectivity index (χ0n) is 21.6. The number of benzene rings is 1. The third-order valence-corrected chi connectivity index (χ3v) is 6.84. The smallest absolute Gasteiger partial charge is 0.356 e. The van der Waals surface area contributed by atoms with E-state index in [2.05, 4.69) is 24.5 Å². The Kier molecular flexibility index (Phi) is 7.94. The maximum absolute atomic E-state index is 13.1. The second-order valence-electron chi connectivity index (χ2n) is 10.3. The van der Waals surface area contributed by atoms with Gasteiger partial charge in [-0.25, -0.2) is 9.78 Å². The Morgan fingerprint density at radius 3 is 2.67 bits per heavy atom. The van der Waals surface area contributed by atoms with Crippen LogP contribution in [0.1, 0.15) is 55.6 Å². The predicted octanol–water partition coefficient (Wildman–Crippen LogP) is 5.03. The first-order valence-corrected chi connectivity index (χ1v) is 12.5. The van der Waals surface area contributed by atoms with Gasteiger partial charge in [0.05, 0.1) is 37.7 Å². The molecule has 3 aromatic rings. The number of nitrogens with zero attached hydrogens (tertiary/aromatic N) is 2. The summed E-state index contributed by atoms with van der Waals surface area (Å²) in [5.74, 6) is -0.757. The Morgan fingerprint density at radius 2 is 1.97 bits per heavy atom. The van der Waals surface area contributed by atoms with Gasteiger partial charge in [-0.3, -0.25) is 4.79 Å². The third-order valence-electron chi connectivity index (χ3n) is 6.84. The van der Waals surface area contributed by atoms with Gasteiger partial charge in [0.15, 0.2) is 5.69 Å². The van der Waals surface area contributed by atoms with Gasteiger partial charge in [0.25, 0.3) is 0 Å². The van der Waals surface area contributed by atoms with E-state index in [1.165, 1.54) is 20.0 Å². The van der Waals surface area contributed by atoms with Crippen molar-refractivity contribution >= 4 is 34.3 Å². The fourth-order valence-corrected chi connectivity index (χ4v) is 5.16. The number of carbonyl (C=O) groups excluding carboxylic acids is 2. The lowest BCUT2D eigenvalue weighted by molar-refractivity contribution is -0.115. The van der Waals surface area contributed by atoms with Gasteiger partial charge < -0.3 is 24.7 Å². The predicted molar refractivity (Wildman–Crippen MR) is 141 cm³/mol. The highest BCUT2D eigenvalue weighted by Crippen LogP contribution is 2.37. The first-order chi connectivity index (χ1) is 17.3. The number of pyridine rings is 1. The van der Waals surface area contributed by atoms with Crippen molar-refractivity contribution in [2.75, 3.05) is 31.5 Å². The van der Waals surface area contributed by atoms with Crippen molar-refractivity contribution in [1.82, 2.24) is 9.55 Å². The van der Waals surface area contributed by atoms with E-state index < -0.39 is 5.97 Å². The molecule has 1 aliphatic carbocycles. The minimum Gasteiger partial charge on any atom is -0.464 e. The molecule has 8 nitrogen and oxygen atoms in total. The molecule has 2 N–H and O–H groups in total. The zero-order valence-corrected chi connectivity index (χ0v) is 21.6. The number of carbonyl (C=O) groups is 2. The molecule has 1 atom stereocenters.